The molecule has 1 aromatic carbocycles. The number of methoxy groups -OCH3 is 2. The van der Waals surface area contributed by atoms with Gasteiger partial charge in [-0.3, -0.25) is 9.59 Å². The van der Waals surface area contributed by atoms with E-state index in [0.717, 1.165) is 5.52 Å². The van der Waals surface area contributed by atoms with E-state index in [0.29, 0.717) is 22.6 Å². The third-order valence-electron chi connectivity index (χ3n) is 4.24. The van der Waals surface area contributed by atoms with Gasteiger partial charge in [-0.25, -0.2) is 0 Å². The van der Waals surface area contributed by atoms with Gasteiger partial charge in [0.1, 0.15) is 23.2 Å². The second-order valence-corrected chi connectivity index (χ2v) is 6.10. The number of rotatable bonds is 7. The van der Waals surface area contributed by atoms with E-state index >= 15 is 0 Å². The minimum atomic E-state index is -1.41. The molecule has 0 fully saturated rings. The smallest absolute Gasteiger partial charge is 0.268 e. The van der Waals surface area contributed by atoms with Crippen molar-refractivity contribution >= 4 is 28.7 Å². The van der Waals surface area contributed by atoms with Crippen molar-refractivity contribution in [3.63, 3.8) is 0 Å². The van der Waals surface area contributed by atoms with Crippen molar-refractivity contribution in [1.82, 2.24) is 15.2 Å². The fourth-order valence-corrected chi connectivity index (χ4v) is 2.61. The molecule has 2 aromatic rings. The first-order valence-corrected chi connectivity index (χ1v) is 8.23. The number of hydrogen-bond acceptors (Lipinski definition) is 6. The van der Waals surface area contributed by atoms with Gasteiger partial charge in [0.25, 0.3) is 5.91 Å². The second-order valence-electron chi connectivity index (χ2n) is 6.10. The molecule has 1 heterocycles. The number of fused-ring (bicyclic) bond motifs is 1. The van der Waals surface area contributed by atoms with Crippen molar-refractivity contribution in [2.45, 2.75) is 25.9 Å². The summed E-state index contributed by atoms with van der Waals surface area (Å²) in [6.45, 7) is 2.74. The van der Waals surface area contributed by atoms with Crippen LogP contribution in [0.5, 0.6) is 11.5 Å². The fraction of sp³-hybridized carbons (Fsp3) is 0.389. The highest BCUT2D eigenvalue weighted by Gasteiger charge is 2.22. The zero-order valence-corrected chi connectivity index (χ0v) is 15.8. The Morgan fingerprint density at radius 3 is 2.26 bits per heavy atom. The van der Waals surface area contributed by atoms with Gasteiger partial charge in [0, 0.05) is 24.6 Å². The number of aromatic nitrogens is 1. The number of carboxylic acids is 1. The fourth-order valence-electron chi connectivity index (χ4n) is 2.61. The topological polar surface area (TPSA) is 122 Å². The highest BCUT2D eigenvalue weighted by Crippen LogP contribution is 2.33. The molecule has 0 aliphatic carbocycles. The highest BCUT2D eigenvalue weighted by molar-refractivity contribution is 6.02. The van der Waals surface area contributed by atoms with Gasteiger partial charge in [0.2, 0.25) is 5.91 Å². The summed E-state index contributed by atoms with van der Waals surface area (Å²) in [5, 5.41) is 16.2. The van der Waals surface area contributed by atoms with Crippen LogP contribution >= 0.6 is 0 Å². The maximum atomic E-state index is 12.6. The van der Waals surface area contributed by atoms with Gasteiger partial charge in [-0.2, -0.15) is 0 Å². The number of carbonyl (C=O) groups is 3. The Balaban J connectivity index is 2.26. The van der Waals surface area contributed by atoms with Gasteiger partial charge in [-0.1, -0.05) is 0 Å². The van der Waals surface area contributed by atoms with Gasteiger partial charge < -0.3 is 34.6 Å². The number of aliphatic carboxylic acids is 1. The molecular formula is C18H22N3O6-. The number of nitrogens with one attached hydrogen (secondary N) is 2. The lowest BCUT2D eigenvalue weighted by Crippen LogP contribution is -2.52. The van der Waals surface area contributed by atoms with Crippen LogP contribution in [0.15, 0.2) is 18.2 Å². The molecule has 0 unspecified atom stereocenters. The number of aryl methyl sites for hydroxylation is 1. The summed E-state index contributed by atoms with van der Waals surface area (Å²) in [6.07, 6.45) is 0. The first-order chi connectivity index (χ1) is 12.7. The summed E-state index contributed by atoms with van der Waals surface area (Å²) in [6, 6.07) is 3.03. The monoisotopic (exact) mass is 376 g/mol. The van der Waals surface area contributed by atoms with E-state index in [1.165, 1.54) is 28.1 Å². The van der Waals surface area contributed by atoms with Gasteiger partial charge in [0.05, 0.1) is 31.7 Å². The Labute approximate surface area is 156 Å². The van der Waals surface area contributed by atoms with Crippen molar-refractivity contribution in [3.05, 3.63) is 23.9 Å². The van der Waals surface area contributed by atoms with E-state index in [1.54, 1.807) is 29.8 Å². The normalized spacial score (nSPS) is 12.9. The van der Waals surface area contributed by atoms with E-state index < -0.39 is 29.9 Å². The van der Waals surface area contributed by atoms with E-state index in [9.17, 15) is 19.5 Å². The molecule has 0 saturated carbocycles. The van der Waals surface area contributed by atoms with E-state index in [-0.39, 0.29) is 0 Å². The quantitative estimate of drug-likeness (QED) is 0.676. The molecular weight excluding hydrogens is 354 g/mol. The standard InChI is InChI=1S/C18H23N3O6/c1-9(16(22)20-10(2)18(24)25)19-17(23)14-8-12-13(21(14)3)6-11(26-4)7-15(12)27-5/h6-10H,1-5H3,(H,19,23)(H,20,22)(H,24,25)/p-1/t9-,10-/m0/s1. The maximum Gasteiger partial charge on any atom is 0.268 e. The van der Waals surface area contributed by atoms with Crippen LogP contribution in [0.25, 0.3) is 10.9 Å². The molecule has 2 rings (SSSR count). The summed E-state index contributed by atoms with van der Waals surface area (Å²) < 4.78 is 12.3. The van der Waals surface area contributed by atoms with E-state index in [1.807, 2.05) is 0 Å². The van der Waals surface area contributed by atoms with Crippen LogP contribution in [0.1, 0.15) is 24.3 Å². The number of ether oxygens (including phenoxy) is 2. The number of amides is 2. The van der Waals surface area contributed by atoms with Crippen LogP contribution in [0.4, 0.5) is 0 Å². The molecule has 2 N–H and O–H groups in total. The van der Waals surface area contributed by atoms with Crippen LogP contribution in [0.2, 0.25) is 0 Å². The molecule has 2 atom stereocenters. The summed E-state index contributed by atoms with van der Waals surface area (Å²) in [5.41, 5.74) is 1.03. The molecule has 0 aliphatic heterocycles. The van der Waals surface area contributed by atoms with Crippen LogP contribution in [0.3, 0.4) is 0 Å². The van der Waals surface area contributed by atoms with Crippen molar-refractivity contribution < 1.29 is 29.0 Å². The van der Waals surface area contributed by atoms with Crippen molar-refractivity contribution in [2.24, 2.45) is 7.05 Å². The maximum absolute atomic E-state index is 12.6. The lowest BCUT2D eigenvalue weighted by Gasteiger charge is -2.19. The molecule has 0 aliphatic rings. The molecule has 9 nitrogen and oxygen atoms in total. The summed E-state index contributed by atoms with van der Waals surface area (Å²) in [5.74, 6) is -1.39. The lowest BCUT2D eigenvalue weighted by molar-refractivity contribution is -0.307. The number of hydrogen-bond donors (Lipinski definition) is 2. The zero-order valence-electron chi connectivity index (χ0n) is 15.8. The molecule has 27 heavy (non-hydrogen) atoms. The third-order valence-corrected chi connectivity index (χ3v) is 4.24. The third kappa shape index (κ3) is 4.13. The number of nitrogens with zero attached hydrogens (tertiary/aromatic N) is 1. The summed E-state index contributed by atoms with van der Waals surface area (Å²) in [7, 11) is 4.76. The molecule has 9 heteroatoms. The van der Waals surface area contributed by atoms with Crippen LogP contribution in [0, 0.1) is 0 Å². The molecule has 2 amide bonds. The van der Waals surface area contributed by atoms with Crippen molar-refractivity contribution in [3.8, 4) is 11.5 Å². The number of carbonyl (C=O) groups excluding carboxylic acids is 3. The van der Waals surface area contributed by atoms with E-state index in [4.69, 9.17) is 9.47 Å². The number of benzene rings is 1. The molecule has 0 spiro atoms. The zero-order chi connectivity index (χ0) is 20.3. The van der Waals surface area contributed by atoms with E-state index in [2.05, 4.69) is 10.6 Å². The van der Waals surface area contributed by atoms with Gasteiger partial charge >= 0.3 is 0 Å². The molecule has 1 aromatic heterocycles. The van der Waals surface area contributed by atoms with Crippen molar-refractivity contribution in [2.75, 3.05) is 14.2 Å². The predicted molar refractivity (Wildman–Crippen MR) is 95.6 cm³/mol. The minimum Gasteiger partial charge on any atom is -0.548 e. The molecule has 0 saturated heterocycles. The molecule has 0 bridgehead atoms. The lowest BCUT2D eigenvalue weighted by atomic mass is 10.2. The van der Waals surface area contributed by atoms with Crippen LogP contribution < -0.4 is 25.2 Å². The SMILES string of the molecule is COc1cc(OC)c2cc(C(=O)N[C@@H](C)C(=O)N[C@@H](C)C(=O)[O-])n(C)c2c1. The second kappa shape index (κ2) is 7.98. The average molecular weight is 376 g/mol. The minimum absolute atomic E-state index is 0.309. The Bertz CT molecular complexity index is 889. The Morgan fingerprint density at radius 1 is 1.04 bits per heavy atom. The molecule has 0 radical (unpaired) electrons. The largest absolute Gasteiger partial charge is 0.548 e. The Kier molecular flexibility index (Phi) is 5.94. The average Bonchev–Trinajstić information content (AvgIpc) is 2.97. The molecule has 146 valence electrons. The van der Waals surface area contributed by atoms with Crippen LogP contribution in [-0.4, -0.2) is 48.7 Å². The van der Waals surface area contributed by atoms with Crippen molar-refractivity contribution in [1.29, 1.82) is 0 Å². The number of carboxylic acid groups (broad SMARTS) is 1. The van der Waals surface area contributed by atoms with Crippen LogP contribution in [-0.2, 0) is 16.6 Å². The van der Waals surface area contributed by atoms with Gasteiger partial charge in [-0.05, 0) is 19.9 Å². The Hall–Kier alpha value is -3.23. The first-order valence-electron chi connectivity index (χ1n) is 8.23. The highest BCUT2D eigenvalue weighted by atomic mass is 16.5. The predicted octanol–water partition coefficient (Wildman–Crippen LogP) is -0.432. The summed E-state index contributed by atoms with van der Waals surface area (Å²) in [4.78, 5) is 35.3. The first kappa shape index (κ1) is 20.1. The Morgan fingerprint density at radius 2 is 1.70 bits per heavy atom. The summed E-state index contributed by atoms with van der Waals surface area (Å²) >= 11 is 0. The van der Waals surface area contributed by atoms with Gasteiger partial charge in [0.15, 0.2) is 0 Å². The van der Waals surface area contributed by atoms with Gasteiger partial charge in [-0.15, -0.1) is 0 Å².